The Bertz CT molecular complexity index is 709. The minimum absolute atomic E-state index is 0. The van der Waals surface area contributed by atoms with E-state index in [0.717, 1.165) is 31.1 Å². The zero-order chi connectivity index (χ0) is 16.4. The molecule has 25 heavy (non-hydrogen) atoms. The van der Waals surface area contributed by atoms with E-state index in [0.29, 0.717) is 18.3 Å². The summed E-state index contributed by atoms with van der Waals surface area (Å²) in [5.41, 5.74) is 1.23. The van der Waals surface area contributed by atoms with Gasteiger partial charge in [0.15, 0.2) is 11.5 Å². The first-order chi connectivity index (χ1) is 11.8. The molecule has 1 unspecified atom stereocenters. The Morgan fingerprint density at radius 2 is 1.92 bits per heavy atom. The standard InChI is InChI=1S/C20H23NO3.ClH/c22-17-7-3-5-15(11-17)16-6-4-10-21(12-16)13-18-14-23-19-8-1-2-9-20(19)24-18;/h1-3,5,7-9,11,16,18,22H,4,6,10,12-14H2;1H/t16?,18-;/m0./s1. The summed E-state index contributed by atoms with van der Waals surface area (Å²) in [7, 11) is 0. The van der Waals surface area contributed by atoms with Crippen LogP contribution >= 0.6 is 12.4 Å². The molecule has 134 valence electrons. The second kappa shape index (κ2) is 7.98. The molecule has 1 fully saturated rings. The van der Waals surface area contributed by atoms with Crippen molar-refractivity contribution < 1.29 is 14.6 Å². The number of ether oxygens (including phenoxy) is 2. The van der Waals surface area contributed by atoms with Gasteiger partial charge in [-0.2, -0.15) is 0 Å². The van der Waals surface area contributed by atoms with Gasteiger partial charge in [-0.3, -0.25) is 4.90 Å². The highest BCUT2D eigenvalue weighted by molar-refractivity contribution is 5.85. The third kappa shape index (κ3) is 4.20. The molecule has 2 aromatic carbocycles. The van der Waals surface area contributed by atoms with E-state index in [-0.39, 0.29) is 18.5 Å². The van der Waals surface area contributed by atoms with Gasteiger partial charge in [-0.1, -0.05) is 24.3 Å². The van der Waals surface area contributed by atoms with Crippen LogP contribution in [-0.2, 0) is 0 Å². The number of benzene rings is 2. The maximum Gasteiger partial charge on any atom is 0.161 e. The van der Waals surface area contributed by atoms with Crippen molar-refractivity contribution in [1.29, 1.82) is 0 Å². The van der Waals surface area contributed by atoms with Gasteiger partial charge in [-0.25, -0.2) is 0 Å². The molecule has 2 aliphatic rings. The van der Waals surface area contributed by atoms with Crippen LogP contribution in [0.2, 0.25) is 0 Å². The summed E-state index contributed by atoms with van der Waals surface area (Å²) in [6.07, 6.45) is 2.41. The highest BCUT2D eigenvalue weighted by Crippen LogP contribution is 2.32. The number of aromatic hydroxyl groups is 1. The molecule has 0 aliphatic carbocycles. The van der Waals surface area contributed by atoms with Crippen LogP contribution in [0.15, 0.2) is 48.5 Å². The Labute approximate surface area is 154 Å². The lowest BCUT2D eigenvalue weighted by Crippen LogP contribution is -2.44. The van der Waals surface area contributed by atoms with Crippen molar-refractivity contribution in [2.45, 2.75) is 24.9 Å². The van der Waals surface area contributed by atoms with Crippen molar-refractivity contribution in [2.24, 2.45) is 0 Å². The molecule has 2 aromatic rings. The molecule has 1 saturated heterocycles. The number of para-hydroxylation sites is 2. The third-order valence-electron chi connectivity index (χ3n) is 4.88. The lowest BCUT2D eigenvalue weighted by Gasteiger charge is -2.36. The number of piperidine rings is 1. The minimum atomic E-state index is 0. The largest absolute Gasteiger partial charge is 0.508 e. The molecule has 1 N–H and O–H groups in total. The van der Waals surface area contributed by atoms with Crippen LogP contribution in [0.1, 0.15) is 24.3 Å². The molecule has 0 amide bonds. The molecular formula is C20H24ClNO3. The Kier molecular flexibility index (Phi) is 5.71. The highest BCUT2D eigenvalue weighted by atomic mass is 35.5. The smallest absolute Gasteiger partial charge is 0.161 e. The fourth-order valence-corrected chi connectivity index (χ4v) is 3.71. The van der Waals surface area contributed by atoms with Crippen LogP contribution in [-0.4, -0.2) is 42.4 Å². The van der Waals surface area contributed by atoms with Gasteiger partial charge in [0.1, 0.15) is 18.5 Å². The summed E-state index contributed by atoms with van der Waals surface area (Å²) in [5.74, 6) is 2.51. The van der Waals surface area contributed by atoms with Gasteiger partial charge in [-0.05, 0) is 55.1 Å². The van der Waals surface area contributed by atoms with Crippen molar-refractivity contribution in [2.75, 3.05) is 26.2 Å². The summed E-state index contributed by atoms with van der Waals surface area (Å²) < 4.78 is 11.9. The molecule has 2 atom stereocenters. The molecule has 0 aromatic heterocycles. The fourth-order valence-electron chi connectivity index (χ4n) is 3.71. The van der Waals surface area contributed by atoms with Crippen LogP contribution in [0.3, 0.4) is 0 Å². The highest BCUT2D eigenvalue weighted by Gasteiger charge is 2.27. The van der Waals surface area contributed by atoms with Gasteiger partial charge >= 0.3 is 0 Å². The van der Waals surface area contributed by atoms with E-state index < -0.39 is 0 Å². The molecule has 2 heterocycles. The monoisotopic (exact) mass is 361 g/mol. The number of likely N-dealkylation sites (tertiary alicyclic amines) is 1. The van der Waals surface area contributed by atoms with Crippen molar-refractivity contribution in [3.05, 3.63) is 54.1 Å². The van der Waals surface area contributed by atoms with Crippen molar-refractivity contribution in [1.82, 2.24) is 4.90 Å². The number of hydrogen-bond acceptors (Lipinski definition) is 4. The summed E-state index contributed by atoms with van der Waals surface area (Å²) >= 11 is 0. The van der Waals surface area contributed by atoms with E-state index in [9.17, 15) is 5.11 Å². The van der Waals surface area contributed by atoms with Crippen LogP contribution < -0.4 is 9.47 Å². The number of nitrogens with zero attached hydrogens (tertiary/aromatic N) is 1. The number of phenols is 1. The number of fused-ring (bicyclic) bond motifs is 1. The normalized spacial score (nSPS) is 22.9. The fraction of sp³-hybridized carbons (Fsp3) is 0.400. The summed E-state index contributed by atoms with van der Waals surface area (Å²) in [5, 5.41) is 9.71. The zero-order valence-electron chi connectivity index (χ0n) is 14.1. The average molecular weight is 362 g/mol. The second-order valence-corrected chi connectivity index (χ2v) is 6.69. The maximum atomic E-state index is 9.71. The first kappa shape index (κ1) is 17.9. The number of rotatable bonds is 3. The molecule has 2 aliphatic heterocycles. The predicted molar refractivity (Wildman–Crippen MR) is 100 cm³/mol. The van der Waals surface area contributed by atoms with E-state index in [1.54, 1.807) is 6.07 Å². The van der Waals surface area contributed by atoms with Crippen molar-refractivity contribution in [3.63, 3.8) is 0 Å². The van der Waals surface area contributed by atoms with Gasteiger partial charge in [0.25, 0.3) is 0 Å². The van der Waals surface area contributed by atoms with Gasteiger partial charge < -0.3 is 14.6 Å². The van der Waals surface area contributed by atoms with E-state index in [1.165, 1.54) is 18.4 Å². The molecule has 4 rings (SSSR count). The van der Waals surface area contributed by atoms with Crippen LogP contribution in [0, 0.1) is 0 Å². The first-order valence-corrected chi connectivity index (χ1v) is 8.68. The quantitative estimate of drug-likeness (QED) is 0.902. The Morgan fingerprint density at radius 1 is 1.08 bits per heavy atom. The Hall–Kier alpha value is -1.91. The maximum absolute atomic E-state index is 9.71. The van der Waals surface area contributed by atoms with Crippen LogP contribution in [0.5, 0.6) is 17.2 Å². The number of halogens is 1. The molecule has 0 bridgehead atoms. The zero-order valence-corrected chi connectivity index (χ0v) is 15.0. The molecule has 0 spiro atoms. The third-order valence-corrected chi connectivity index (χ3v) is 4.88. The lowest BCUT2D eigenvalue weighted by molar-refractivity contribution is 0.0504. The second-order valence-electron chi connectivity index (χ2n) is 6.69. The first-order valence-electron chi connectivity index (χ1n) is 8.68. The number of phenolic OH excluding ortho intramolecular Hbond substituents is 1. The van der Waals surface area contributed by atoms with Gasteiger partial charge in [-0.15, -0.1) is 12.4 Å². The lowest BCUT2D eigenvalue weighted by atomic mass is 9.90. The van der Waals surface area contributed by atoms with Gasteiger partial charge in [0.05, 0.1) is 0 Å². The van der Waals surface area contributed by atoms with E-state index in [2.05, 4.69) is 11.0 Å². The van der Waals surface area contributed by atoms with E-state index in [1.807, 2.05) is 36.4 Å². The molecular weight excluding hydrogens is 338 g/mol. The summed E-state index contributed by atoms with van der Waals surface area (Å²) in [6, 6.07) is 15.5. The molecule has 0 radical (unpaired) electrons. The molecule has 4 nitrogen and oxygen atoms in total. The topological polar surface area (TPSA) is 41.9 Å². The molecule has 5 heteroatoms. The predicted octanol–water partition coefficient (Wildman–Crippen LogP) is 3.83. The van der Waals surface area contributed by atoms with Gasteiger partial charge in [0, 0.05) is 13.1 Å². The van der Waals surface area contributed by atoms with Crippen LogP contribution in [0.25, 0.3) is 0 Å². The van der Waals surface area contributed by atoms with Crippen molar-refractivity contribution in [3.8, 4) is 17.2 Å². The van der Waals surface area contributed by atoms with Crippen molar-refractivity contribution >= 4 is 12.4 Å². The average Bonchev–Trinajstić information content (AvgIpc) is 2.62. The Balaban J connectivity index is 0.00000182. The SMILES string of the molecule is Cl.Oc1cccc(C2CCCN(C[C@H]3COc4ccccc4O3)C2)c1. The summed E-state index contributed by atoms with van der Waals surface area (Å²) in [4.78, 5) is 2.46. The summed E-state index contributed by atoms with van der Waals surface area (Å²) in [6.45, 7) is 3.58. The van der Waals surface area contributed by atoms with E-state index >= 15 is 0 Å². The van der Waals surface area contributed by atoms with Crippen LogP contribution in [0.4, 0.5) is 0 Å². The number of hydrogen-bond donors (Lipinski definition) is 1. The minimum Gasteiger partial charge on any atom is -0.508 e. The Morgan fingerprint density at radius 3 is 2.76 bits per heavy atom. The molecule has 0 saturated carbocycles. The van der Waals surface area contributed by atoms with Gasteiger partial charge in [0.2, 0.25) is 0 Å². The van der Waals surface area contributed by atoms with E-state index in [4.69, 9.17) is 9.47 Å².